The van der Waals surface area contributed by atoms with Crippen molar-refractivity contribution in [1.29, 1.82) is 0 Å². The highest BCUT2D eigenvalue weighted by Gasteiger charge is 2.77. The Morgan fingerprint density at radius 3 is 2.42 bits per heavy atom. The Labute approximate surface area is 230 Å². The van der Waals surface area contributed by atoms with Crippen molar-refractivity contribution in [3.8, 4) is 0 Å². The molecule has 206 valence electrons. The number of carbonyl (C=O) groups is 3. The Hall–Kier alpha value is -2.58. The van der Waals surface area contributed by atoms with Gasteiger partial charge in [-0.15, -0.1) is 24.9 Å². The molecule has 0 aliphatic carbocycles. The Kier molecular flexibility index (Phi) is 8.43. The first-order chi connectivity index (χ1) is 18.1. The fraction of sp³-hybridized carbons (Fsp3) is 0.567. The molecule has 3 fully saturated rings. The van der Waals surface area contributed by atoms with E-state index in [-0.39, 0.29) is 41.5 Å². The zero-order valence-electron chi connectivity index (χ0n) is 23.0. The van der Waals surface area contributed by atoms with Gasteiger partial charge in [0.05, 0.1) is 29.2 Å². The van der Waals surface area contributed by atoms with Gasteiger partial charge in [-0.05, 0) is 38.2 Å². The molecule has 3 aliphatic heterocycles. The van der Waals surface area contributed by atoms with E-state index in [1.807, 2.05) is 44.2 Å². The van der Waals surface area contributed by atoms with E-state index in [0.29, 0.717) is 19.5 Å². The maximum atomic E-state index is 14.5. The van der Waals surface area contributed by atoms with Gasteiger partial charge in [0, 0.05) is 31.4 Å². The minimum absolute atomic E-state index is 0.0234. The van der Waals surface area contributed by atoms with Crippen LogP contribution in [0.3, 0.4) is 0 Å². The lowest BCUT2D eigenvalue weighted by atomic mass is 9.65. The van der Waals surface area contributed by atoms with E-state index < -0.39 is 28.7 Å². The first kappa shape index (κ1) is 28.4. The van der Waals surface area contributed by atoms with E-state index in [1.54, 1.807) is 45.7 Å². The lowest BCUT2D eigenvalue weighted by Crippen LogP contribution is -2.60. The predicted molar refractivity (Wildman–Crippen MR) is 151 cm³/mol. The molecule has 2 bridgehead atoms. The summed E-state index contributed by atoms with van der Waals surface area (Å²) in [6.07, 6.45) is 4.59. The summed E-state index contributed by atoms with van der Waals surface area (Å²) in [5.74, 6) is -1.44. The van der Waals surface area contributed by atoms with E-state index in [1.165, 1.54) is 0 Å². The number of hydrogen-bond donors (Lipinski definition) is 1. The van der Waals surface area contributed by atoms with Crippen LogP contribution in [-0.4, -0.2) is 92.4 Å². The lowest BCUT2D eigenvalue weighted by Gasteiger charge is -2.43. The van der Waals surface area contributed by atoms with Gasteiger partial charge in [0.2, 0.25) is 17.7 Å². The highest BCUT2D eigenvalue weighted by Crippen LogP contribution is 2.69. The van der Waals surface area contributed by atoms with E-state index >= 15 is 0 Å². The largest absolute Gasteiger partial charge is 0.394 e. The first-order valence-electron chi connectivity index (χ1n) is 13.6. The average Bonchev–Trinajstić information content (AvgIpc) is 3.49. The molecule has 0 saturated carbocycles. The second-order valence-electron chi connectivity index (χ2n) is 11.2. The third kappa shape index (κ3) is 4.49. The van der Waals surface area contributed by atoms with Gasteiger partial charge in [0.15, 0.2) is 0 Å². The molecule has 38 heavy (non-hydrogen) atoms. The molecular weight excluding hydrogens is 498 g/mol. The van der Waals surface area contributed by atoms with Crippen molar-refractivity contribution < 1.29 is 19.5 Å². The number of hydrogen-bond acceptors (Lipinski definition) is 5. The molecule has 1 aromatic carbocycles. The Bertz CT molecular complexity index is 1080. The molecule has 7 nitrogen and oxygen atoms in total. The smallest absolute Gasteiger partial charge is 0.247 e. The van der Waals surface area contributed by atoms with Crippen molar-refractivity contribution in [3.05, 3.63) is 61.2 Å². The number of nitrogens with zero attached hydrogens (tertiary/aromatic N) is 3. The summed E-state index contributed by atoms with van der Waals surface area (Å²) in [6.45, 7) is 14.2. The van der Waals surface area contributed by atoms with Crippen molar-refractivity contribution in [2.75, 3.05) is 26.7 Å². The fourth-order valence-corrected chi connectivity index (χ4v) is 9.34. The molecule has 7 atom stereocenters. The van der Waals surface area contributed by atoms with Crippen LogP contribution in [0.1, 0.15) is 32.8 Å². The number of rotatable bonds is 11. The maximum Gasteiger partial charge on any atom is 0.247 e. The number of carbonyl (C=O) groups excluding carboxylic acids is 3. The second kappa shape index (κ2) is 11.3. The molecule has 3 unspecified atom stereocenters. The summed E-state index contributed by atoms with van der Waals surface area (Å²) in [5, 5.41) is 10.6. The third-order valence-electron chi connectivity index (χ3n) is 8.63. The number of likely N-dealkylation sites (tertiary alicyclic amines) is 1. The van der Waals surface area contributed by atoms with Gasteiger partial charge in [-0.1, -0.05) is 49.4 Å². The normalized spacial score (nSPS) is 30.3. The third-order valence-corrected chi connectivity index (χ3v) is 10.7. The van der Waals surface area contributed by atoms with Crippen LogP contribution in [0.2, 0.25) is 0 Å². The van der Waals surface area contributed by atoms with Crippen LogP contribution in [0.15, 0.2) is 55.6 Å². The van der Waals surface area contributed by atoms with E-state index in [9.17, 15) is 19.5 Å². The number of aliphatic hydroxyl groups is 1. The van der Waals surface area contributed by atoms with Crippen LogP contribution in [0.25, 0.3) is 0 Å². The monoisotopic (exact) mass is 539 g/mol. The molecule has 1 N–H and O–H groups in total. The van der Waals surface area contributed by atoms with Crippen molar-refractivity contribution in [3.63, 3.8) is 0 Å². The molecule has 0 aromatic heterocycles. The van der Waals surface area contributed by atoms with Crippen molar-refractivity contribution in [2.45, 2.75) is 61.7 Å². The number of amides is 3. The molecule has 1 aromatic rings. The Morgan fingerprint density at radius 2 is 1.84 bits per heavy atom. The van der Waals surface area contributed by atoms with Gasteiger partial charge in [-0.3, -0.25) is 14.4 Å². The fourth-order valence-electron chi connectivity index (χ4n) is 6.94. The summed E-state index contributed by atoms with van der Waals surface area (Å²) in [5.41, 5.74) is 0.982. The quantitative estimate of drug-likeness (QED) is 0.438. The summed E-state index contributed by atoms with van der Waals surface area (Å²) < 4.78 is -0.730. The molecule has 0 radical (unpaired) electrons. The highest BCUT2D eigenvalue weighted by molar-refractivity contribution is 8.02. The van der Waals surface area contributed by atoms with Gasteiger partial charge in [0.25, 0.3) is 0 Å². The topological polar surface area (TPSA) is 81.2 Å². The van der Waals surface area contributed by atoms with Crippen LogP contribution in [0.5, 0.6) is 0 Å². The van der Waals surface area contributed by atoms with Crippen LogP contribution in [0, 0.1) is 17.8 Å². The van der Waals surface area contributed by atoms with Gasteiger partial charge >= 0.3 is 0 Å². The van der Waals surface area contributed by atoms with E-state index in [2.05, 4.69) is 20.1 Å². The minimum Gasteiger partial charge on any atom is -0.394 e. The highest BCUT2D eigenvalue weighted by atomic mass is 32.2. The Morgan fingerprint density at radius 1 is 1.18 bits per heavy atom. The molecule has 1 spiro atoms. The number of benzene rings is 1. The molecule has 3 heterocycles. The van der Waals surface area contributed by atoms with Gasteiger partial charge in [-0.25, -0.2) is 0 Å². The number of aliphatic hydroxyl groups excluding tert-OH is 1. The zero-order valence-corrected chi connectivity index (χ0v) is 23.8. The van der Waals surface area contributed by atoms with Crippen LogP contribution in [-0.2, 0) is 20.8 Å². The summed E-state index contributed by atoms with van der Waals surface area (Å²) >= 11 is 1.66. The standard InChI is InChI=1S/C30H41N3O4S/c1-7-14-31(6)27(35)24-23-16-20(5)30(38-23)25(24)28(36)33(22(18-34)17-21-12-10-9-11-13-21)26(30)29(37)32(15-8-2)19(3)4/h7-13,19-20,22-26,34H,1-2,14-18H2,3-6H3/t20?,22-,23-,24+,25+,26?,30?/m1/s1. The van der Waals surface area contributed by atoms with Crippen LogP contribution in [0.4, 0.5) is 0 Å². The molecule has 3 saturated heterocycles. The number of likely N-dealkylation sites (N-methyl/N-ethyl adjacent to an activating group) is 1. The van der Waals surface area contributed by atoms with E-state index in [0.717, 1.165) is 12.0 Å². The van der Waals surface area contributed by atoms with E-state index in [4.69, 9.17) is 0 Å². The Balaban J connectivity index is 1.83. The van der Waals surface area contributed by atoms with Gasteiger partial charge in [-0.2, -0.15) is 0 Å². The van der Waals surface area contributed by atoms with Crippen LogP contribution < -0.4 is 0 Å². The number of fused-ring (bicyclic) bond motifs is 1. The summed E-state index contributed by atoms with van der Waals surface area (Å²) in [6, 6.07) is 8.29. The average molecular weight is 540 g/mol. The summed E-state index contributed by atoms with van der Waals surface area (Å²) in [4.78, 5) is 47.7. The van der Waals surface area contributed by atoms with Crippen molar-refractivity contribution in [1.82, 2.24) is 14.7 Å². The van der Waals surface area contributed by atoms with Crippen LogP contribution >= 0.6 is 11.8 Å². The van der Waals surface area contributed by atoms with Crippen molar-refractivity contribution >= 4 is 29.5 Å². The molecule has 4 rings (SSSR count). The summed E-state index contributed by atoms with van der Waals surface area (Å²) in [7, 11) is 1.74. The maximum absolute atomic E-state index is 14.5. The second-order valence-corrected chi connectivity index (χ2v) is 12.8. The minimum atomic E-state index is -0.768. The molecular formula is C30H41N3O4S. The lowest BCUT2D eigenvalue weighted by molar-refractivity contribution is -0.147. The predicted octanol–water partition coefficient (Wildman–Crippen LogP) is 2.99. The molecule has 3 aliphatic rings. The molecule has 3 amide bonds. The first-order valence-corrected chi connectivity index (χ1v) is 14.4. The number of thioether (sulfide) groups is 1. The van der Waals surface area contributed by atoms with Gasteiger partial charge in [0.1, 0.15) is 6.04 Å². The zero-order chi connectivity index (χ0) is 27.8. The SMILES string of the molecule is C=CCN(C)C(=O)[C@@H]1[C@H]2C(=O)N([C@@H](CO)Cc3ccccc3)C(C(=O)N(CC=C)C(C)C)C23S[C@@H]1CC3C. The van der Waals surface area contributed by atoms with Crippen molar-refractivity contribution in [2.24, 2.45) is 17.8 Å². The van der Waals surface area contributed by atoms with Gasteiger partial charge < -0.3 is 19.8 Å². The molecule has 8 heteroatoms.